The smallest absolute Gasteiger partial charge is 0.269 e. The van der Waals surface area contributed by atoms with Crippen molar-refractivity contribution in [2.75, 3.05) is 19.6 Å². The molecule has 0 spiro atoms. The third-order valence-corrected chi connectivity index (χ3v) is 4.65. The van der Waals surface area contributed by atoms with Crippen LogP contribution < -0.4 is 4.72 Å². The van der Waals surface area contributed by atoms with Crippen molar-refractivity contribution < 1.29 is 18.1 Å². The van der Waals surface area contributed by atoms with Crippen LogP contribution >= 0.6 is 0 Å². The second-order valence-electron chi connectivity index (χ2n) is 4.66. The molecular weight excluding hydrogens is 298 g/mol. The van der Waals surface area contributed by atoms with Crippen LogP contribution in [0.1, 0.15) is 12.8 Å². The summed E-state index contributed by atoms with van der Waals surface area (Å²) in [5, 5.41) is 10.5. The number of hydrogen-bond acceptors (Lipinski definition) is 5. The molecule has 0 aliphatic carbocycles. The fraction of sp³-hybridized carbons (Fsp3) is 0.417. The van der Waals surface area contributed by atoms with Gasteiger partial charge in [-0.25, -0.2) is 13.1 Å². The van der Waals surface area contributed by atoms with Crippen LogP contribution in [0.4, 0.5) is 5.69 Å². The molecule has 1 fully saturated rings. The van der Waals surface area contributed by atoms with E-state index in [1.54, 1.807) is 4.90 Å². The lowest BCUT2D eigenvalue weighted by Gasteiger charge is -2.15. The Morgan fingerprint density at radius 1 is 1.24 bits per heavy atom. The number of nitro groups is 1. The van der Waals surface area contributed by atoms with E-state index in [0.29, 0.717) is 13.1 Å². The minimum absolute atomic E-state index is 0.109. The second kappa shape index (κ2) is 6.19. The van der Waals surface area contributed by atoms with Crippen LogP contribution in [-0.4, -0.2) is 43.8 Å². The molecule has 1 aromatic carbocycles. The maximum atomic E-state index is 12.0. The van der Waals surface area contributed by atoms with E-state index in [1.165, 1.54) is 0 Å². The van der Waals surface area contributed by atoms with Crippen molar-refractivity contribution in [2.24, 2.45) is 0 Å². The molecule has 8 nitrogen and oxygen atoms in total. The highest BCUT2D eigenvalue weighted by Gasteiger charge is 2.21. The Labute approximate surface area is 122 Å². The monoisotopic (exact) mass is 313 g/mol. The van der Waals surface area contributed by atoms with E-state index in [4.69, 9.17) is 0 Å². The first kappa shape index (κ1) is 15.4. The molecule has 21 heavy (non-hydrogen) atoms. The molecule has 1 aromatic rings. The van der Waals surface area contributed by atoms with Crippen molar-refractivity contribution in [1.29, 1.82) is 0 Å². The van der Waals surface area contributed by atoms with Gasteiger partial charge in [0.05, 0.1) is 16.4 Å². The normalized spacial score (nSPS) is 15.1. The van der Waals surface area contributed by atoms with E-state index in [0.717, 1.165) is 37.1 Å². The van der Waals surface area contributed by atoms with E-state index in [2.05, 4.69) is 4.72 Å². The summed E-state index contributed by atoms with van der Waals surface area (Å²) >= 11 is 0. The summed E-state index contributed by atoms with van der Waals surface area (Å²) < 4.78 is 26.2. The van der Waals surface area contributed by atoms with Gasteiger partial charge in [0, 0.05) is 25.2 Å². The highest BCUT2D eigenvalue weighted by Crippen LogP contribution is 2.15. The lowest BCUT2D eigenvalue weighted by Crippen LogP contribution is -2.38. The predicted molar refractivity (Wildman–Crippen MR) is 74.1 cm³/mol. The van der Waals surface area contributed by atoms with Crippen molar-refractivity contribution in [3.8, 4) is 0 Å². The number of amides is 1. The maximum Gasteiger partial charge on any atom is 0.269 e. The van der Waals surface area contributed by atoms with Gasteiger partial charge in [-0.05, 0) is 25.0 Å². The topological polar surface area (TPSA) is 110 Å². The molecule has 1 N–H and O–H groups in total. The lowest BCUT2D eigenvalue weighted by molar-refractivity contribution is -0.384. The van der Waals surface area contributed by atoms with Gasteiger partial charge in [0.25, 0.3) is 5.69 Å². The number of carbonyl (C=O) groups excluding carboxylic acids is 1. The Balaban J connectivity index is 2.00. The minimum atomic E-state index is -3.85. The number of rotatable bonds is 5. The molecule has 1 aliphatic rings. The highest BCUT2D eigenvalue weighted by molar-refractivity contribution is 7.89. The Morgan fingerprint density at radius 3 is 2.33 bits per heavy atom. The molecule has 1 aliphatic heterocycles. The largest absolute Gasteiger partial charge is 0.342 e. The van der Waals surface area contributed by atoms with Crippen LogP contribution in [0.25, 0.3) is 0 Å². The van der Waals surface area contributed by atoms with Gasteiger partial charge in [0.15, 0.2) is 0 Å². The number of nitrogens with one attached hydrogen (secondary N) is 1. The first-order chi connectivity index (χ1) is 9.90. The Kier molecular flexibility index (Phi) is 4.53. The lowest BCUT2D eigenvalue weighted by atomic mass is 10.3. The van der Waals surface area contributed by atoms with Gasteiger partial charge in [0.1, 0.15) is 0 Å². The average Bonchev–Trinajstić information content (AvgIpc) is 2.99. The Morgan fingerprint density at radius 2 is 1.81 bits per heavy atom. The number of nitrogens with zero attached hydrogens (tertiary/aromatic N) is 2. The number of nitro benzene ring substituents is 1. The Bertz CT molecular complexity index is 635. The molecule has 0 aromatic heterocycles. The van der Waals surface area contributed by atoms with Crippen molar-refractivity contribution in [3.05, 3.63) is 34.4 Å². The van der Waals surface area contributed by atoms with Gasteiger partial charge in [0.2, 0.25) is 15.9 Å². The van der Waals surface area contributed by atoms with Gasteiger partial charge < -0.3 is 4.90 Å². The minimum Gasteiger partial charge on any atom is -0.342 e. The Hall–Kier alpha value is -2.00. The molecular formula is C12H15N3O5S. The molecule has 0 radical (unpaired) electrons. The number of likely N-dealkylation sites (tertiary alicyclic amines) is 1. The van der Waals surface area contributed by atoms with Gasteiger partial charge in [-0.1, -0.05) is 0 Å². The standard InChI is InChI=1S/C12H15N3O5S/c16-12(14-7-1-2-8-14)9-13-21(19,20)11-5-3-10(4-6-11)15(17)18/h3-6,13H,1-2,7-9H2. The molecule has 0 atom stereocenters. The van der Waals surface area contributed by atoms with Crippen LogP contribution in [0, 0.1) is 10.1 Å². The van der Waals surface area contributed by atoms with Crippen LogP contribution in [0.3, 0.4) is 0 Å². The number of sulfonamides is 1. The van der Waals surface area contributed by atoms with Crippen molar-refractivity contribution in [1.82, 2.24) is 9.62 Å². The van der Waals surface area contributed by atoms with E-state index < -0.39 is 14.9 Å². The van der Waals surface area contributed by atoms with E-state index in [1.807, 2.05) is 0 Å². The third-order valence-electron chi connectivity index (χ3n) is 3.23. The van der Waals surface area contributed by atoms with Gasteiger partial charge in [-0.3, -0.25) is 14.9 Å². The molecule has 114 valence electrons. The summed E-state index contributed by atoms with van der Waals surface area (Å²) in [5.41, 5.74) is -0.193. The number of non-ortho nitro benzene ring substituents is 1. The van der Waals surface area contributed by atoms with E-state index in [9.17, 15) is 23.3 Å². The quantitative estimate of drug-likeness (QED) is 0.628. The van der Waals surface area contributed by atoms with Crippen molar-refractivity contribution >= 4 is 21.6 Å². The fourth-order valence-corrected chi connectivity index (χ4v) is 3.04. The fourth-order valence-electron chi connectivity index (χ4n) is 2.07. The predicted octanol–water partition coefficient (Wildman–Crippen LogP) is 0.495. The molecule has 0 bridgehead atoms. The molecule has 2 rings (SSSR count). The van der Waals surface area contributed by atoms with Crippen LogP contribution in [0.5, 0.6) is 0 Å². The van der Waals surface area contributed by atoms with Crippen molar-refractivity contribution in [2.45, 2.75) is 17.7 Å². The molecule has 1 amide bonds. The molecule has 0 unspecified atom stereocenters. The van der Waals surface area contributed by atoms with E-state index in [-0.39, 0.29) is 23.0 Å². The molecule has 9 heteroatoms. The summed E-state index contributed by atoms with van der Waals surface area (Å²) in [4.78, 5) is 23.2. The SMILES string of the molecule is O=C(CNS(=O)(=O)c1ccc([N+](=O)[O-])cc1)N1CCCC1. The van der Waals surface area contributed by atoms with Crippen molar-refractivity contribution in [3.63, 3.8) is 0 Å². The zero-order valence-electron chi connectivity index (χ0n) is 11.2. The third kappa shape index (κ3) is 3.76. The average molecular weight is 313 g/mol. The summed E-state index contributed by atoms with van der Waals surface area (Å²) in [7, 11) is -3.85. The molecule has 1 heterocycles. The maximum absolute atomic E-state index is 12.0. The van der Waals surface area contributed by atoms with Gasteiger partial charge in [-0.15, -0.1) is 0 Å². The summed E-state index contributed by atoms with van der Waals surface area (Å²) in [6.07, 6.45) is 1.86. The number of hydrogen-bond donors (Lipinski definition) is 1. The zero-order chi connectivity index (χ0) is 15.5. The van der Waals surface area contributed by atoms with Crippen LogP contribution in [-0.2, 0) is 14.8 Å². The summed E-state index contributed by atoms with van der Waals surface area (Å²) in [6.45, 7) is 0.996. The number of benzene rings is 1. The zero-order valence-corrected chi connectivity index (χ0v) is 12.0. The van der Waals surface area contributed by atoms with Gasteiger partial charge >= 0.3 is 0 Å². The first-order valence-electron chi connectivity index (χ1n) is 6.42. The van der Waals surface area contributed by atoms with Crippen LogP contribution in [0.15, 0.2) is 29.2 Å². The molecule has 0 saturated carbocycles. The number of carbonyl (C=O) groups is 1. The van der Waals surface area contributed by atoms with E-state index >= 15 is 0 Å². The first-order valence-corrected chi connectivity index (χ1v) is 7.90. The van der Waals surface area contributed by atoms with Crippen LogP contribution in [0.2, 0.25) is 0 Å². The summed E-state index contributed by atoms with van der Waals surface area (Å²) in [6, 6.07) is 4.50. The van der Waals surface area contributed by atoms with Gasteiger partial charge in [-0.2, -0.15) is 0 Å². The highest BCUT2D eigenvalue weighted by atomic mass is 32.2. The second-order valence-corrected chi connectivity index (χ2v) is 6.43. The molecule has 1 saturated heterocycles. The summed E-state index contributed by atoms with van der Waals surface area (Å²) in [5.74, 6) is -0.266.